The minimum atomic E-state index is -0.200. The number of hydrogen-bond donors (Lipinski definition) is 1. The van der Waals surface area contributed by atoms with E-state index in [4.69, 9.17) is 4.74 Å². The molecule has 1 aromatic rings. The third-order valence-corrected chi connectivity index (χ3v) is 3.53. The zero-order valence-electron chi connectivity index (χ0n) is 12.1. The summed E-state index contributed by atoms with van der Waals surface area (Å²) in [6.45, 7) is 5.27. The van der Waals surface area contributed by atoms with Gasteiger partial charge in [-0.25, -0.2) is 5.43 Å². The molecule has 0 unspecified atom stereocenters. The molecule has 20 heavy (non-hydrogen) atoms. The Morgan fingerprint density at radius 3 is 2.80 bits per heavy atom. The summed E-state index contributed by atoms with van der Waals surface area (Å²) in [6.07, 6.45) is 1.85. The lowest BCUT2D eigenvalue weighted by atomic mass is 10.1. The minimum Gasteiger partial charge on any atom is -0.497 e. The molecule has 0 spiro atoms. The number of carbonyl (C=O) groups is 1. The molecular formula is C15H21N3O2. The Kier molecular flexibility index (Phi) is 5.12. The van der Waals surface area contributed by atoms with Crippen LogP contribution >= 0.6 is 0 Å². The Bertz CT molecular complexity index is 490. The van der Waals surface area contributed by atoms with Gasteiger partial charge in [0, 0.05) is 37.2 Å². The van der Waals surface area contributed by atoms with Gasteiger partial charge < -0.3 is 9.64 Å². The summed E-state index contributed by atoms with van der Waals surface area (Å²) < 4.78 is 5.10. The number of hydrogen-bond acceptors (Lipinski definition) is 4. The van der Waals surface area contributed by atoms with Crippen LogP contribution in [0.2, 0.25) is 0 Å². The SMILES string of the molecule is CCN1CCC(=NNC(=O)c2cccc(OC)c2)CC1. The second-order valence-corrected chi connectivity index (χ2v) is 4.79. The fraction of sp³-hybridized carbons (Fsp3) is 0.467. The molecule has 0 radical (unpaired) electrons. The minimum absolute atomic E-state index is 0.200. The molecule has 0 atom stereocenters. The molecule has 0 aliphatic carbocycles. The molecule has 1 amide bonds. The molecular weight excluding hydrogens is 254 g/mol. The number of likely N-dealkylation sites (tertiary alicyclic amines) is 1. The molecule has 1 aliphatic heterocycles. The number of benzene rings is 1. The van der Waals surface area contributed by atoms with Crippen molar-refractivity contribution in [2.45, 2.75) is 19.8 Å². The van der Waals surface area contributed by atoms with E-state index in [2.05, 4.69) is 22.4 Å². The standard InChI is InChI=1S/C15H21N3O2/c1-3-18-9-7-13(8-10-18)16-17-15(19)12-5-4-6-14(11-12)20-2/h4-6,11H,3,7-10H2,1-2H3,(H,17,19). The van der Waals surface area contributed by atoms with Crippen molar-refractivity contribution in [3.63, 3.8) is 0 Å². The number of rotatable bonds is 4. The highest BCUT2D eigenvalue weighted by atomic mass is 16.5. The van der Waals surface area contributed by atoms with Gasteiger partial charge in [-0.1, -0.05) is 13.0 Å². The first-order chi connectivity index (χ1) is 9.72. The van der Waals surface area contributed by atoms with E-state index in [1.54, 1.807) is 25.3 Å². The smallest absolute Gasteiger partial charge is 0.271 e. The maximum absolute atomic E-state index is 12.0. The molecule has 0 bridgehead atoms. The Morgan fingerprint density at radius 1 is 1.40 bits per heavy atom. The van der Waals surface area contributed by atoms with Crippen molar-refractivity contribution >= 4 is 11.6 Å². The van der Waals surface area contributed by atoms with Gasteiger partial charge in [-0.05, 0) is 24.7 Å². The average molecular weight is 275 g/mol. The van der Waals surface area contributed by atoms with Gasteiger partial charge in [0.1, 0.15) is 5.75 Å². The zero-order chi connectivity index (χ0) is 14.4. The van der Waals surface area contributed by atoms with Crippen molar-refractivity contribution in [3.8, 4) is 5.75 Å². The van der Waals surface area contributed by atoms with E-state index in [1.807, 2.05) is 6.07 Å². The lowest BCUT2D eigenvalue weighted by Gasteiger charge is -2.25. The summed E-state index contributed by atoms with van der Waals surface area (Å²) in [5.41, 5.74) is 4.24. The quantitative estimate of drug-likeness (QED) is 0.854. The fourth-order valence-corrected chi connectivity index (χ4v) is 2.20. The normalized spacial score (nSPS) is 15.8. The van der Waals surface area contributed by atoms with Crippen LogP contribution in [0.5, 0.6) is 5.75 Å². The summed E-state index contributed by atoms with van der Waals surface area (Å²) in [5, 5.41) is 4.23. The van der Waals surface area contributed by atoms with E-state index in [1.165, 1.54) is 0 Å². The van der Waals surface area contributed by atoms with Crippen molar-refractivity contribution in [3.05, 3.63) is 29.8 Å². The maximum atomic E-state index is 12.0. The first-order valence-electron chi connectivity index (χ1n) is 6.95. The number of piperidine rings is 1. The molecule has 1 heterocycles. The van der Waals surface area contributed by atoms with Gasteiger partial charge in [0.25, 0.3) is 5.91 Å². The van der Waals surface area contributed by atoms with Crippen molar-refractivity contribution < 1.29 is 9.53 Å². The van der Waals surface area contributed by atoms with Crippen molar-refractivity contribution in [1.29, 1.82) is 0 Å². The van der Waals surface area contributed by atoms with Crippen molar-refractivity contribution in [1.82, 2.24) is 10.3 Å². The van der Waals surface area contributed by atoms with Gasteiger partial charge in [-0.2, -0.15) is 5.10 Å². The van der Waals surface area contributed by atoms with E-state index in [0.29, 0.717) is 11.3 Å². The number of nitrogens with one attached hydrogen (secondary N) is 1. The van der Waals surface area contributed by atoms with Crippen LogP contribution in [0.4, 0.5) is 0 Å². The van der Waals surface area contributed by atoms with Gasteiger partial charge in [0.15, 0.2) is 0 Å². The van der Waals surface area contributed by atoms with Crippen LogP contribution in [0.15, 0.2) is 29.4 Å². The molecule has 1 N–H and O–H groups in total. The summed E-state index contributed by atoms with van der Waals surface area (Å²) in [6, 6.07) is 7.05. The first kappa shape index (κ1) is 14.5. The molecule has 108 valence electrons. The van der Waals surface area contributed by atoms with Crippen LogP contribution in [0, 0.1) is 0 Å². The average Bonchev–Trinajstić information content (AvgIpc) is 2.53. The summed E-state index contributed by atoms with van der Waals surface area (Å²) in [7, 11) is 1.58. The van der Waals surface area contributed by atoms with Gasteiger partial charge >= 0.3 is 0 Å². The van der Waals surface area contributed by atoms with Crippen LogP contribution in [-0.4, -0.2) is 43.3 Å². The number of carbonyl (C=O) groups excluding carboxylic acids is 1. The molecule has 5 nitrogen and oxygen atoms in total. The molecule has 1 aliphatic rings. The first-order valence-corrected chi connectivity index (χ1v) is 6.95. The van der Waals surface area contributed by atoms with Gasteiger partial charge in [-0.15, -0.1) is 0 Å². The largest absolute Gasteiger partial charge is 0.497 e. The Balaban J connectivity index is 1.91. The van der Waals surface area contributed by atoms with Crippen LogP contribution < -0.4 is 10.2 Å². The predicted molar refractivity (Wildman–Crippen MR) is 79.2 cm³/mol. The van der Waals surface area contributed by atoms with E-state index in [-0.39, 0.29) is 5.91 Å². The number of ether oxygens (including phenoxy) is 1. The van der Waals surface area contributed by atoms with Crippen LogP contribution in [0.3, 0.4) is 0 Å². The second kappa shape index (κ2) is 7.05. The van der Waals surface area contributed by atoms with Gasteiger partial charge in [-0.3, -0.25) is 4.79 Å². The molecule has 1 fully saturated rings. The third kappa shape index (κ3) is 3.81. The highest BCUT2D eigenvalue weighted by Crippen LogP contribution is 2.12. The summed E-state index contributed by atoms with van der Waals surface area (Å²) >= 11 is 0. The van der Waals surface area contributed by atoms with Crippen molar-refractivity contribution in [2.24, 2.45) is 5.10 Å². The monoisotopic (exact) mass is 275 g/mol. The molecule has 1 saturated heterocycles. The molecule has 2 rings (SSSR count). The molecule has 5 heteroatoms. The van der Waals surface area contributed by atoms with Crippen LogP contribution in [0.25, 0.3) is 0 Å². The highest BCUT2D eigenvalue weighted by molar-refractivity contribution is 5.95. The maximum Gasteiger partial charge on any atom is 0.271 e. The Hall–Kier alpha value is -1.88. The van der Waals surface area contributed by atoms with Crippen molar-refractivity contribution in [2.75, 3.05) is 26.7 Å². The summed E-state index contributed by atoms with van der Waals surface area (Å²) in [4.78, 5) is 14.4. The Morgan fingerprint density at radius 2 is 2.15 bits per heavy atom. The molecule has 0 aromatic heterocycles. The Labute approximate surface area is 119 Å². The van der Waals surface area contributed by atoms with E-state index >= 15 is 0 Å². The fourth-order valence-electron chi connectivity index (χ4n) is 2.20. The van der Waals surface area contributed by atoms with Gasteiger partial charge in [0.2, 0.25) is 0 Å². The summed E-state index contributed by atoms with van der Waals surface area (Å²) in [5.74, 6) is 0.468. The highest BCUT2D eigenvalue weighted by Gasteiger charge is 2.13. The zero-order valence-corrected chi connectivity index (χ0v) is 12.1. The van der Waals surface area contributed by atoms with E-state index in [9.17, 15) is 4.79 Å². The lowest BCUT2D eigenvalue weighted by Crippen LogP contribution is -2.34. The lowest BCUT2D eigenvalue weighted by molar-refractivity contribution is 0.0954. The number of methoxy groups -OCH3 is 1. The number of hydrazone groups is 1. The van der Waals surface area contributed by atoms with E-state index in [0.717, 1.165) is 38.2 Å². The molecule has 0 saturated carbocycles. The van der Waals surface area contributed by atoms with Gasteiger partial charge in [0.05, 0.1) is 7.11 Å². The second-order valence-electron chi connectivity index (χ2n) is 4.79. The third-order valence-electron chi connectivity index (χ3n) is 3.53. The predicted octanol–water partition coefficient (Wildman–Crippen LogP) is 1.90. The number of nitrogens with zero attached hydrogens (tertiary/aromatic N) is 2. The van der Waals surface area contributed by atoms with Crippen LogP contribution in [0.1, 0.15) is 30.1 Å². The topological polar surface area (TPSA) is 53.9 Å². The molecule has 1 aromatic carbocycles. The number of amides is 1. The van der Waals surface area contributed by atoms with Crippen LogP contribution in [-0.2, 0) is 0 Å². The van der Waals surface area contributed by atoms with E-state index < -0.39 is 0 Å².